The van der Waals surface area contributed by atoms with Crippen LogP contribution in [-0.4, -0.2) is 69.5 Å². The summed E-state index contributed by atoms with van der Waals surface area (Å²) in [6.07, 6.45) is 5.14. The van der Waals surface area contributed by atoms with Gasteiger partial charge in [0.1, 0.15) is 12.6 Å². The maximum absolute atomic E-state index is 13.8. The molecule has 1 fully saturated rings. The molecule has 1 aliphatic carbocycles. The third-order valence-corrected chi connectivity index (χ3v) is 7.66. The number of ether oxygens (including phenoxy) is 1. The van der Waals surface area contributed by atoms with Crippen molar-refractivity contribution < 1.29 is 29.0 Å². The van der Waals surface area contributed by atoms with Gasteiger partial charge in [0.15, 0.2) is 0 Å². The number of rotatable bonds is 14. The van der Waals surface area contributed by atoms with Gasteiger partial charge in [0, 0.05) is 36.8 Å². The fraction of sp³-hybridized carbons (Fsp3) is 0.387. The van der Waals surface area contributed by atoms with Gasteiger partial charge in [-0.3, -0.25) is 14.4 Å². The molecule has 42 heavy (non-hydrogen) atoms. The van der Waals surface area contributed by atoms with E-state index in [9.17, 15) is 24.3 Å². The highest BCUT2D eigenvalue weighted by atomic mass is 16.5. The van der Waals surface area contributed by atoms with Crippen molar-refractivity contribution in [1.29, 1.82) is 0 Å². The number of aliphatic carboxylic acids is 1. The molecule has 1 unspecified atom stereocenters. The molecule has 1 aromatic heterocycles. The lowest BCUT2D eigenvalue weighted by Gasteiger charge is -2.42. The Hall–Kier alpha value is -4.67. The number of imidazole rings is 1. The first-order valence-electron chi connectivity index (χ1n) is 14.0. The Kier molecular flexibility index (Phi) is 10.3. The highest BCUT2D eigenvalue weighted by Crippen LogP contribution is 2.43. The SMILES string of the molecule is CC(CN(CC(=O)NCC1(c2ccccc2)CCC1)C(=O)[C@H](Cc1cnc[nH]1)NC(=O)OCc1ccccc1)C(=O)O. The van der Waals surface area contributed by atoms with E-state index in [1.54, 1.807) is 12.1 Å². The van der Waals surface area contributed by atoms with Crippen molar-refractivity contribution in [2.45, 2.75) is 50.7 Å². The van der Waals surface area contributed by atoms with E-state index in [1.165, 1.54) is 24.3 Å². The average Bonchev–Trinajstić information content (AvgIpc) is 3.48. The van der Waals surface area contributed by atoms with Gasteiger partial charge in [-0.15, -0.1) is 0 Å². The Morgan fingerprint density at radius 2 is 1.76 bits per heavy atom. The Balaban J connectivity index is 1.45. The summed E-state index contributed by atoms with van der Waals surface area (Å²) < 4.78 is 5.32. The van der Waals surface area contributed by atoms with Crippen molar-refractivity contribution in [2.24, 2.45) is 5.92 Å². The number of nitrogens with one attached hydrogen (secondary N) is 3. The zero-order valence-corrected chi connectivity index (χ0v) is 23.6. The first-order valence-corrected chi connectivity index (χ1v) is 14.0. The van der Waals surface area contributed by atoms with Crippen molar-refractivity contribution in [1.82, 2.24) is 25.5 Å². The number of amides is 3. The zero-order chi connectivity index (χ0) is 30.0. The number of nitrogens with zero attached hydrogens (tertiary/aromatic N) is 2. The molecule has 0 bridgehead atoms. The molecule has 0 radical (unpaired) electrons. The molecule has 1 heterocycles. The van der Waals surface area contributed by atoms with Gasteiger partial charge >= 0.3 is 12.1 Å². The molecule has 11 nitrogen and oxygen atoms in total. The third-order valence-electron chi connectivity index (χ3n) is 7.66. The van der Waals surface area contributed by atoms with E-state index in [4.69, 9.17) is 4.74 Å². The van der Waals surface area contributed by atoms with Crippen LogP contribution >= 0.6 is 0 Å². The number of carboxylic acid groups (broad SMARTS) is 1. The lowest BCUT2D eigenvalue weighted by Crippen LogP contribution is -2.54. The van der Waals surface area contributed by atoms with Crippen LogP contribution in [0.2, 0.25) is 0 Å². The standard InChI is InChI=1S/C31H37N5O6/c1-22(29(39)40)17-36(18-27(37)33-20-31(13-8-14-31)24-11-6-3-7-12-24)28(38)26(15-25-16-32-21-34-25)35-30(41)42-19-23-9-4-2-5-10-23/h2-7,9-12,16,21-22,26H,8,13-15,17-20H2,1H3,(H,32,34)(H,33,37)(H,35,41)(H,39,40)/t22?,26-/m0/s1. The van der Waals surface area contributed by atoms with Crippen LogP contribution in [0.4, 0.5) is 4.79 Å². The van der Waals surface area contributed by atoms with E-state index in [1.807, 2.05) is 36.4 Å². The largest absolute Gasteiger partial charge is 0.481 e. The molecule has 4 rings (SSSR count). The van der Waals surface area contributed by atoms with Gasteiger partial charge < -0.3 is 30.4 Å². The second-order valence-corrected chi connectivity index (χ2v) is 10.8. The maximum Gasteiger partial charge on any atom is 0.408 e. The monoisotopic (exact) mass is 575 g/mol. The summed E-state index contributed by atoms with van der Waals surface area (Å²) in [5.41, 5.74) is 2.34. The summed E-state index contributed by atoms with van der Waals surface area (Å²) in [5.74, 6) is -3.06. The molecule has 2 atom stereocenters. The second-order valence-electron chi connectivity index (χ2n) is 10.8. The number of carboxylic acids is 1. The topological polar surface area (TPSA) is 154 Å². The number of benzene rings is 2. The summed E-state index contributed by atoms with van der Waals surface area (Å²) in [6.45, 7) is 1.30. The number of H-pyrrole nitrogens is 1. The Bertz CT molecular complexity index is 1330. The van der Waals surface area contributed by atoms with E-state index >= 15 is 0 Å². The fourth-order valence-electron chi connectivity index (χ4n) is 5.04. The van der Waals surface area contributed by atoms with Crippen LogP contribution in [0.5, 0.6) is 0 Å². The molecule has 1 aliphatic rings. The van der Waals surface area contributed by atoms with Crippen molar-refractivity contribution in [2.75, 3.05) is 19.6 Å². The second kappa shape index (κ2) is 14.3. The minimum Gasteiger partial charge on any atom is -0.481 e. The first-order chi connectivity index (χ1) is 20.3. The van der Waals surface area contributed by atoms with Crippen LogP contribution in [0.15, 0.2) is 73.2 Å². The molecule has 0 spiro atoms. The minimum atomic E-state index is -1.13. The number of aromatic amines is 1. The number of aromatic nitrogens is 2. The maximum atomic E-state index is 13.8. The summed E-state index contributed by atoms with van der Waals surface area (Å²) in [5, 5.41) is 15.1. The predicted molar refractivity (Wildman–Crippen MR) is 154 cm³/mol. The Morgan fingerprint density at radius 3 is 2.36 bits per heavy atom. The lowest BCUT2D eigenvalue weighted by atomic mass is 9.64. The van der Waals surface area contributed by atoms with Crippen LogP contribution in [0.1, 0.15) is 43.0 Å². The molecule has 0 saturated heterocycles. The van der Waals surface area contributed by atoms with Gasteiger partial charge in [0.2, 0.25) is 11.8 Å². The van der Waals surface area contributed by atoms with Crippen molar-refractivity contribution >= 4 is 23.9 Å². The fourth-order valence-corrected chi connectivity index (χ4v) is 5.04. The summed E-state index contributed by atoms with van der Waals surface area (Å²) in [6, 6.07) is 18.0. The molecule has 2 aromatic carbocycles. The number of hydrogen-bond donors (Lipinski definition) is 4. The molecule has 1 saturated carbocycles. The summed E-state index contributed by atoms with van der Waals surface area (Å²) in [7, 11) is 0. The number of hydrogen-bond acceptors (Lipinski definition) is 6. The Labute approximate surface area is 244 Å². The third kappa shape index (κ3) is 8.18. The normalized spacial score (nSPS) is 15.0. The Morgan fingerprint density at radius 1 is 1.07 bits per heavy atom. The first kappa shape index (κ1) is 30.3. The van der Waals surface area contributed by atoms with Gasteiger partial charge in [-0.25, -0.2) is 9.78 Å². The minimum absolute atomic E-state index is 0.00295. The molecular weight excluding hydrogens is 538 g/mol. The van der Waals surface area contributed by atoms with E-state index in [-0.39, 0.29) is 31.5 Å². The predicted octanol–water partition coefficient (Wildman–Crippen LogP) is 3.03. The van der Waals surface area contributed by atoms with Crippen molar-refractivity contribution in [3.05, 3.63) is 90.0 Å². The van der Waals surface area contributed by atoms with Gasteiger partial charge in [-0.2, -0.15) is 0 Å². The highest BCUT2D eigenvalue weighted by Gasteiger charge is 2.39. The summed E-state index contributed by atoms with van der Waals surface area (Å²) >= 11 is 0. The smallest absolute Gasteiger partial charge is 0.408 e. The van der Waals surface area contributed by atoms with Crippen molar-refractivity contribution in [3.63, 3.8) is 0 Å². The molecule has 222 valence electrons. The lowest BCUT2D eigenvalue weighted by molar-refractivity contribution is -0.145. The van der Waals surface area contributed by atoms with Crippen LogP contribution in [-0.2, 0) is 37.6 Å². The van der Waals surface area contributed by atoms with E-state index in [0.717, 1.165) is 30.4 Å². The molecule has 4 N–H and O–H groups in total. The van der Waals surface area contributed by atoms with E-state index in [2.05, 4.69) is 32.7 Å². The average molecular weight is 576 g/mol. The van der Waals surface area contributed by atoms with Gasteiger partial charge in [-0.1, -0.05) is 74.0 Å². The number of carbonyl (C=O) groups excluding carboxylic acids is 3. The molecule has 0 aliphatic heterocycles. The molecule has 11 heteroatoms. The van der Waals surface area contributed by atoms with Crippen LogP contribution in [0.3, 0.4) is 0 Å². The zero-order valence-electron chi connectivity index (χ0n) is 23.6. The molecular formula is C31H37N5O6. The quantitative estimate of drug-likeness (QED) is 0.230. The number of carbonyl (C=O) groups is 4. The van der Waals surface area contributed by atoms with E-state index < -0.39 is 35.8 Å². The van der Waals surface area contributed by atoms with Gasteiger partial charge in [-0.05, 0) is 24.0 Å². The molecule has 3 aromatic rings. The summed E-state index contributed by atoms with van der Waals surface area (Å²) in [4.78, 5) is 59.5. The number of alkyl carbamates (subject to hydrolysis) is 1. The van der Waals surface area contributed by atoms with Gasteiger partial charge in [0.25, 0.3) is 0 Å². The molecule has 3 amide bonds. The van der Waals surface area contributed by atoms with E-state index in [0.29, 0.717) is 12.2 Å². The van der Waals surface area contributed by atoms with Gasteiger partial charge in [0.05, 0.1) is 18.8 Å². The van der Waals surface area contributed by atoms with Crippen LogP contribution in [0, 0.1) is 5.92 Å². The van der Waals surface area contributed by atoms with Crippen LogP contribution in [0.25, 0.3) is 0 Å². The van der Waals surface area contributed by atoms with Crippen molar-refractivity contribution in [3.8, 4) is 0 Å². The van der Waals surface area contributed by atoms with Crippen LogP contribution < -0.4 is 10.6 Å². The highest BCUT2D eigenvalue weighted by molar-refractivity contribution is 5.90.